The Hall–Kier alpha value is -1.14. The highest BCUT2D eigenvalue weighted by molar-refractivity contribution is 5.94. The van der Waals surface area contributed by atoms with Crippen LogP contribution in [0, 0.1) is 5.92 Å². The standard InChI is InChI=1S/C10H19N3O3/c11-10(15)13-9(14)6-12-4-1-5-16-7-8-2-3-8/h8,12H,1-7H2,(H3,11,13,14,15). The van der Waals surface area contributed by atoms with E-state index in [0.717, 1.165) is 18.9 Å². The highest BCUT2D eigenvalue weighted by Crippen LogP contribution is 2.28. The summed E-state index contributed by atoms with van der Waals surface area (Å²) in [5.74, 6) is 0.376. The zero-order chi connectivity index (χ0) is 11.8. The number of imide groups is 1. The summed E-state index contributed by atoms with van der Waals surface area (Å²) in [6.45, 7) is 2.37. The fraction of sp³-hybridized carbons (Fsp3) is 0.800. The van der Waals surface area contributed by atoms with Gasteiger partial charge in [-0.15, -0.1) is 0 Å². The number of carbonyl (C=O) groups is 2. The minimum absolute atomic E-state index is 0.103. The summed E-state index contributed by atoms with van der Waals surface area (Å²) in [5, 5.41) is 4.87. The van der Waals surface area contributed by atoms with Crippen LogP contribution in [-0.4, -0.2) is 38.2 Å². The average Bonchev–Trinajstić information content (AvgIpc) is 2.99. The van der Waals surface area contributed by atoms with E-state index < -0.39 is 11.9 Å². The fourth-order valence-electron chi connectivity index (χ4n) is 1.22. The molecule has 1 saturated carbocycles. The van der Waals surface area contributed by atoms with E-state index in [0.29, 0.717) is 13.2 Å². The second-order valence-corrected chi connectivity index (χ2v) is 3.96. The summed E-state index contributed by atoms with van der Waals surface area (Å²) < 4.78 is 5.41. The molecule has 0 heterocycles. The summed E-state index contributed by atoms with van der Waals surface area (Å²) in [5.41, 5.74) is 4.78. The monoisotopic (exact) mass is 229 g/mol. The Kier molecular flexibility index (Phi) is 5.81. The number of hydrogen-bond acceptors (Lipinski definition) is 4. The molecular formula is C10H19N3O3. The van der Waals surface area contributed by atoms with E-state index in [4.69, 9.17) is 10.5 Å². The molecule has 0 bridgehead atoms. The molecule has 6 heteroatoms. The lowest BCUT2D eigenvalue weighted by Gasteiger charge is -2.05. The number of nitrogens with two attached hydrogens (primary N) is 1. The van der Waals surface area contributed by atoms with Gasteiger partial charge in [0.2, 0.25) is 5.91 Å². The van der Waals surface area contributed by atoms with Gasteiger partial charge in [-0.25, -0.2) is 4.79 Å². The van der Waals surface area contributed by atoms with Crippen LogP contribution in [0.3, 0.4) is 0 Å². The van der Waals surface area contributed by atoms with Gasteiger partial charge in [0.15, 0.2) is 0 Å². The maximum Gasteiger partial charge on any atom is 0.318 e. The van der Waals surface area contributed by atoms with Crippen LogP contribution in [-0.2, 0) is 9.53 Å². The Bertz CT molecular complexity index is 241. The first kappa shape index (κ1) is 12.9. The Balaban J connectivity index is 1.79. The number of rotatable bonds is 8. The van der Waals surface area contributed by atoms with Crippen molar-refractivity contribution in [3.8, 4) is 0 Å². The van der Waals surface area contributed by atoms with Crippen molar-refractivity contribution < 1.29 is 14.3 Å². The predicted octanol–water partition coefficient (Wildman–Crippen LogP) is -0.412. The first-order chi connectivity index (χ1) is 7.68. The van der Waals surface area contributed by atoms with Crippen molar-refractivity contribution in [3.63, 3.8) is 0 Å². The fourth-order valence-corrected chi connectivity index (χ4v) is 1.22. The summed E-state index contributed by atoms with van der Waals surface area (Å²) in [4.78, 5) is 21.2. The van der Waals surface area contributed by atoms with Crippen molar-refractivity contribution in [1.82, 2.24) is 10.6 Å². The molecule has 0 saturated heterocycles. The highest BCUT2D eigenvalue weighted by atomic mass is 16.5. The summed E-state index contributed by atoms with van der Waals surface area (Å²) in [6.07, 6.45) is 3.45. The van der Waals surface area contributed by atoms with E-state index in [1.165, 1.54) is 12.8 Å². The highest BCUT2D eigenvalue weighted by Gasteiger charge is 2.20. The van der Waals surface area contributed by atoms with Crippen molar-refractivity contribution in [3.05, 3.63) is 0 Å². The van der Waals surface area contributed by atoms with E-state index in [9.17, 15) is 9.59 Å². The number of urea groups is 1. The van der Waals surface area contributed by atoms with Crippen LogP contribution in [0.5, 0.6) is 0 Å². The van der Waals surface area contributed by atoms with Gasteiger partial charge in [-0.1, -0.05) is 0 Å². The molecule has 0 aromatic heterocycles. The van der Waals surface area contributed by atoms with E-state index in [-0.39, 0.29) is 6.54 Å². The summed E-state index contributed by atoms with van der Waals surface area (Å²) in [6, 6.07) is -0.820. The second kappa shape index (κ2) is 7.19. The zero-order valence-corrected chi connectivity index (χ0v) is 9.33. The molecule has 0 radical (unpaired) electrons. The minimum Gasteiger partial charge on any atom is -0.381 e. The number of primary amides is 1. The Morgan fingerprint density at radius 1 is 1.38 bits per heavy atom. The molecule has 16 heavy (non-hydrogen) atoms. The maximum absolute atomic E-state index is 10.9. The molecule has 1 rings (SSSR count). The van der Waals surface area contributed by atoms with Gasteiger partial charge in [-0.3, -0.25) is 10.1 Å². The van der Waals surface area contributed by atoms with Gasteiger partial charge in [0, 0.05) is 13.2 Å². The molecular weight excluding hydrogens is 210 g/mol. The van der Waals surface area contributed by atoms with Gasteiger partial charge in [0.05, 0.1) is 6.54 Å². The molecule has 0 atom stereocenters. The largest absolute Gasteiger partial charge is 0.381 e. The molecule has 3 amide bonds. The van der Waals surface area contributed by atoms with Gasteiger partial charge >= 0.3 is 6.03 Å². The van der Waals surface area contributed by atoms with Crippen LogP contribution < -0.4 is 16.4 Å². The molecule has 0 unspecified atom stereocenters. The van der Waals surface area contributed by atoms with E-state index in [2.05, 4.69) is 5.32 Å². The van der Waals surface area contributed by atoms with E-state index >= 15 is 0 Å². The lowest BCUT2D eigenvalue weighted by atomic mass is 10.4. The van der Waals surface area contributed by atoms with Crippen molar-refractivity contribution in [2.45, 2.75) is 19.3 Å². The molecule has 1 fully saturated rings. The first-order valence-electron chi connectivity index (χ1n) is 5.56. The lowest BCUT2D eigenvalue weighted by Crippen LogP contribution is -2.40. The van der Waals surface area contributed by atoms with Crippen molar-refractivity contribution in [2.24, 2.45) is 11.7 Å². The molecule has 0 aromatic carbocycles. The van der Waals surface area contributed by atoms with Gasteiger partial charge in [0.1, 0.15) is 0 Å². The predicted molar refractivity (Wildman–Crippen MR) is 58.8 cm³/mol. The number of amides is 3. The summed E-state index contributed by atoms with van der Waals surface area (Å²) >= 11 is 0. The van der Waals surface area contributed by atoms with Crippen LogP contribution in [0.1, 0.15) is 19.3 Å². The van der Waals surface area contributed by atoms with Crippen LogP contribution in [0.2, 0.25) is 0 Å². The Morgan fingerprint density at radius 3 is 2.75 bits per heavy atom. The van der Waals surface area contributed by atoms with Crippen molar-refractivity contribution in [2.75, 3.05) is 26.3 Å². The van der Waals surface area contributed by atoms with E-state index in [1.807, 2.05) is 5.32 Å². The van der Waals surface area contributed by atoms with Crippen LogP contribution >= 0.6 is 0 Å². The van der Waals surface area contributed by atoms with Crippen LogP contribution in [0.4, 0.5) is 4.79 Å². The maximum atomic E-state index is 10.9. The third kappa shape index (κ3) is 7.19. The van der Waals surface area contributed by atoms with E-state index in [1.54, 1.807) is 0 Å². The normalized spacial score (nSPS) is 14.8. The van der Waals surface area contributed by atoms with Gasteiger partial charge in [-0.2, -0.15) is 0 Å². The van der Waals surface area contributed by atoms with Crippen LogP contribution in [0.25, 0.3) is 0 Å². The quantitative estimate of drug-likeness (QED) is 0.493. The molecule has 0 aromatic rings. The average molecular weight is 229 g/mol. The zero-order valence-electron chi connectivity index (χ0n) is 9.33. The van der Waals surface area contributed by atoms with Gasteiger partial charge in [0.25, 0.3) is 0 Å². The molecule has 4 N–H and O–H groups in total. The molecule has 0 aliphatic heterocycles. The number of nitrogens with one attached hydrogen (secondary N) is 2. The third-order valence-corrected chi connectivity index (χ3v) is 2.24. The van der Waals surface area contributed by atoms with Crippen molar-refractivity contribution >= 4 is 11.9 Å². The van der Waals surface area contributed by atoms with Crippen molar-refractivity contribution in [1.29, 1.82) is 0 Å². The molecule has 1 aliphatic rings. The smallest absolute Gasteiger partial charge is 0.318 e. The van der Waals surface area contributed by atoms with Gasteiger partial charge in [-0.05, 0) is 31.7 Å². The lowest BCUT2D eigenvalue weighted by molar-refractivity contribution is -0.119. The number of hydrogen-bond donors (Lipinski definition) is 3. The Morgan fingerprint density at radius 2 is 2.12 bits per heavy atom. The summed E-state index contributed by atoms with van der Waals surface area (Å²) in [7, 11) is 0. The third-order valence-electron chi connectivity index (χ3n) is 2.24. The van der Waals surface area contributed by atoms with Crippen LogP contribution in [0.15, 0.2) is 0 Å². The topological polar surface area (TPSA) is 93.5 Å². The first-order valence-corrected chi connectivity index (χ1v) is 5.56. The minimum atomic E-state index is -0.820. The SMILES string of the molecule is NC(=O)NC(=O)CNCCCOCC1CC1. The molecule has 6 nitrogen and oxygen atoms in total. The molecule has 0 spiro atoms. The number of ether oxygens (including phenoxy) is 1. The second-order valence-electron chi connectivity index (χ2n) is 3.96. The molecule has 92 valence electrons. The number of carbonyl (C=O) groups excluding carboxylic acids is 2. The van der Waals surface area contributed by atoms with Gasteiger partial charge < -0.3 is 15.8 Å². The molecule has 1 aliphatic carbocycles. The Labute approximate surface area is 94.9 Å².